The van der Waals surface area contributed by atoms with Crippen molar-refractivity contribution in [3.8, 4) is 11.5 Å². The van der Waals surface area contributed by atoms with Crippen LogP contribution in [0.15, 0.2) is 66.7 Å². The molecule has 0 heterocycles. The van der Waals surface area contributed by atoms with Gasteiger partial charge in [-0.15, -0.1) is 0 Å². The zero-order chi connectivity index (χ0) is 23.1. The van der Waals surface area contributed by atoms with Crippen LogP contribution in [0.2, 0.25) is 5.02 Å². The number of non-ortho nitro benzene ring substituents is 1. The molecule has 9 heteroatoms. The molecule has 0 atom stereocenters. The number of Topliss-reactive ketones (excluding diaryl/α,β-unsaturated/α-hetero) is 1. The van der Waals surface area contributed by atoms with Crippen molar-refractivity contribution in [2.45, 2.75) is 6.61 Å². The lowest BCUT2D eigenvalue weighted by molar-refractivity contribution is -0.384. The van der Waals surface area contributed by atoms with E-state index < -0.39 is 23.3 Å². The molecular weight excluding hydrogens is 438 g/mol. The van der Waals surface area contributed by atoms with Crippen molar-refractivity contribution in [2.24, 2.45) is 0 Å². The molecule has 0 aromatic heterocycles. The Balaban J connectivity index is 1.69. The van der Waals surface area contributed by atoms with E-state index in [1.54, 1.807) is 0 Å². The van der Waals surface area contributed by atoms with Gasteiger partial charge >= 0.3 is 5.97 Å². The van der Waals surface area contributed by atoms with Gasteiger partial charge in [-0.2, -0.15) is 0 Å². The lowest BCUT2D eigenvalue weighted by Gasteiger charge is -2.14. The molecule has 0 N–H and O–H groups in total. The van der Waals surface area contributed by atoms with Gasteiger partial charge in [0, 0.05) is 17.7 Å². The first kappa shape index (κ1) is 22.8. The third-order valence-corrected chi connectivity index (χ3v) is 4.70. The molecule has 0 spiro atoms. The van der Waals surface area contributed by atoms with Gasteiger partial charge in [0.15, 0.2) is 23.9 Å². The number of nitro groups is 1. The van der Waals surface area contributed by atoms with Crippen molar-refractivity contribution in [1.29, 1.82) is 0 Å². The minimum absolute atomic E-state index is 0.0790. The SMILES string of the molecule is COc1c(Cl)cc(C(=O)OCC(=O)c2ccc([N+](=O)[O-])cc2)cc1OCc1ccccc1. The lowest BCUT2D eigenvalue weighted by Crippen LogP contribution is -2.14. The second kappa shape index (κ2) is 10.4. The molecule has 3 aromatic carbocycles. The number of methoxy groups -OCH3 is 1. The lowest BCUT2D eigenvalue weighted by atomic mass is 10.1. The van der Waals surface area contributed by atoms with E-state index in [0.717, 1.165) is 5.56 Å². The second-order valence-electron chi connectivity index (χ2n) is 6.57. The highest BCUT2D eigenvalue weighted by Crippen LogP contribution is 2.37. The average molecular weight is 456 g/mol. The monoisotopic (exact) mass is 455 g/mol. The van der Waals surface area contributed by atoms with Crippen LogP contribution in [0, 0.1) is 10.1 Å². The van der Waals surface area contributed by atoms with E-state index in [9.17, 15) is 19.7 Å². The summed E-state index contributed by atoms with van der Waals surface area (Å²) in [5.41, 5.74) is 1.03. The molecule has 8 nitrogen and oxygen atoms in total. The summed E-state index contributed by atoms with van der Waals surface area (Å²) in [5.74, 6) is -0.776. The van der Waals surface area contributed by atoms with E-state index in [1.165, 1.54) is 43.5 Å². The molecule has 0 saturated carbocycles. The number of esters is 1. The Hall–Kier alpha value is -3.91. The highest BCUT2D eigenvalue weighted by atomic mass is 35.5. The van der Waals surface area contributed by atoms with Crippen molar-refractivity contribution in [3.63, 3.8) is 0 Å². The zero-order valence-electron chi connectivity index (χ0n) is 16.9. The largest absolute Gasteiger partial charge is 0.491 e. The van der Waals surface area contributed by atoms with E-state index in [-0.39, 0.29) is 39.9 Å². The Bertz CT molecular complexity index is 1130. The van der Waals surface area contributed by atoms with Crippen LogP contribution in [-0.4, -0.2) is 30.4 Å². The van der Waals surface area contributed by atoms with Crippen LogP contribution in [0.25, 0.3) is 0 Å². The third-order valence-electron chi connectivity index (χ3n) is 4.42. The van der Waals surface area contributed by atoms with Gasteiger partial charge in [0.05, 0.1) is 22.6 Å². The summed E-state index contributed by atoms with van der Waals surface area (Å²) in [5, 5.41) is 10.8. The molecule has 0 amide bonds. The number of ether oxygens (including phenoxy) is 3. The van der Waals surface area contributed by atoms with Gasteiger partial charge in [0.1, 0.15) is 6.61 Å². The molecule has 0 bridgehead atoms. The number of hydrogen-bond acceptors (Lipinski definition) is 7. The number of rotatable bonds is 9. The van der Waals surface area contributed by atoms with Crippen molar-refractivity contribution < 1.29 is 28.7 Å². The summed E-state index contributed by atoms with van der Waals surface area (Å²) in [6.07, 6.45) is 0. The number of nitro benzene ring substituents is 1. The summed E-state index contributed by atoms with van der Waals surface area (Å²) in [6.45, 7) is -0.314. The van der Waals surface area contributed by atoms with E-state index in [2.05, 4.69) is 0 Å². The molecule has 3 rings (SSSR count). The molecule has 0 radical (unpaired) electrons. The minimum Gasteiger partial charge on any atom is -0.491 e. The number of carbonyl (C=O) groups excluding carboxylic acids is 2. The maximum absolute atomic E-state index is 12.5. The van der Waals surface area contributed by atoms with Crippen molar-refractivity contribution in [1.82, 2.24) is 0 Å². The smallest absolute Gasteiger partial charge is 0.338 e. The summed E-state index contributed by atoms with van der Waals surface area (Å²) < 4.78 is 16.1. The predicted molar refractivity (Wildman–Crippen MR) is 116 cm³/mol. The normalized spacial score (nSPS) is 10.3. The van der Waals surface area contributed by atoms with Crippen molar-refractivity contribution >= 4 is 29.0 Å². The molecule has 3 aromatic rings. The van der Waals surface area contributed by atoms with Crippen LogP contribution in [0.3, 0.4) is 0 Å². The maximum atomic E-state index is 12.5. The number of carbonyl (C=O) groups is 2. The minimum atomic E-state index is -0.783. The van der Waals surface area contributed by atoms with Gasteiger partial charge in [-0.25, -0.2) is 4.79 Å². The van der Waals surface area contributed by atoms with Gasteiger partial charge in [0.2, 0.25) is 0 Å². The average Bonchev–Trinajstić information content (AvgIpc) is 2.81. The summed E-state index contributed by atoms with van der Waals surface area (Å²) in [6, 6.07) is 17.2. The molecule has 0 saturated heterocycles. The van der Waals surface area contributed by atoms with Crippen molar-refractivity contribution in [3.05, 3.63) is 98.6 Å². The molecule has 0 fully saturated rings. The quantitative estimate of drug-likeness (QED) is 0.196. The van der Waals surface area contributed by atoms with E-state index in [0.29, 0.717) is 0 Å². The fraction of sp³-hybridized carbons (Fsp3) is 0.130. The fourth-order valence-electron chi connectivity index (χ4n) is 2.79. The number of ketones is 1. The van der Waals surface area contributed by atoms with Crippen LogP contribution in [0.1, 0.15) is 26.3 Å². The first-order chi connectivity index (χ1) is 15.4. The Labute approximate surface area is 188 Å². The molecular formula is C23H18ClNO7. The second-order valence-corrected chi connectivity index (χ2v) is 6.97. The van der Waals surface area contributed by atoms with Gasteiger partial charge < -0.3 is 14.2 Å². The van der Waals surface area contributed by atoms with E-state index in [1.807, 2.05) is 30.3 Å². The molecule has 164 valence electrons. The van der Waals surface area contributed by atoms with Gasteiger partial charge in [-0.3, -0.25) is 14.9 Å². The predicted octanol–water partition coefficient (Wildman–Crippen LogP) is 4.88. The Morgan fingerprint density at radius 2 is 1.69 bits per heavy atom. The van der Waals surface area contributed by atoms with Crippen LogP contribution in [0.4, 0.5) is 5.69 Å². The highest BCUT2D eigenvalue weighted by molar-refractivity contribution is 6.32. The number of hydrogen-bond donors (Lipinski definition) is 0. The van der Waals surface area contributed by atoms with Crippen LogP contribution >= 0.6 is 11.6 Å². The maximum Gasteiger partial charge on any atom is 0.338 e. The Kier molecular flexibility index (Phi) is 7.41. The molecule has 0 aliphatic heterocycles. The summed E-state index contributed by atoms with van der Waals surface area (Å²) >= 11 is 6.22. The van der Waals surface area contributed by atoms with Crippen LogP contribution in [-0.2, 0) is 11.3 Å². The fourth-order valence-corrected chi connectivity index (χ4v) is 3.08. The van der Waals surface area contributed by atoms with E-state index in [4.69, 9.17) is 25.8 Å². The van der Waals surface area contributed by atoms with Crippen molar-refractivity contribution in [2.75, 3.05) is 13.7 Å². The Morgan fingerprint density at radius 3 is 2.31 bits per heavy atom. The van der Waals surface area contributed by atoms with Crippen LogP contribution < -0.4 is 9.47 Å². The molecule has 0 aliphatic carbocycles. The van der Waals surface area contributed by atoms with Crippen LogP contribution in [0.5, 0.6) is 11.5 Å². The number of nitrogens with zero attached hydrogens (tertiary/aromatic N) is 1. The van der Waals surface area contributed by atoms with E-state index >= 15 is 0 Å². The zero-order valence-corrected chi connectivity index (χ0v) is 17.7. The summed E-state index contributed by atoms with van der Waals surface area (Å²) in [7, 11) is 1.43. The molecule has 0 aliphatic rings. The standard InChI is InChI=1S/C23H18ClNO7/c1-30-22-19(24)11-17(12-21(22)31-13-15-5-3-2-4-6-15)23(27)32-14-20(26)16-7-9-18(10-8-16)25(28)29/h2-12H,13-14H2,1H3. The third kappa shape index (κ3) is 5.61. The van der Waals surface area contributed by atoms with Gasteiger partial charge in [-0.05, 0) is 29.8 Å². The number of halogens is 1. The first-order valence-electron chi connectivity index (χ1n) is 9.38. The highest BCUT2D eigenvalue weighted by Gasteiger charge is 2.18. The topological polar surface area (TPSA) is 105 Å². The molecule has 32 heavy (non-hydrogen) atoms. The number of benzene rings is 3. The Morgan fingerprint density at radius 1 is 1.00 bits per heavy atom. The molecule has 0 unspecified atom stereocenters. The first-order valence-corrected chi connectivity index (χ1v) is 9.76. The van der Waals surface area contributed by atoms with Gasteiger partial charge in [-0.1, -0.05) is 41.9 Å². The van der Waals surface area contributed by atoms with Gasteiger partial charge in [0.25, 0.3) is 5.69 Å². The summed E-state index contributed by atoms with van der Waals surface area (Å²) in [4.78, 5) is 34.9.